The lowest BCUT2D eigenvalue weighted by Crippen LogP contribution is -2.29. The fourth-order valence-electron chi connectivity index (χ4n) is 6.04. The maximum atomic E-state index is 12.2. The topological polar surface area (TPSA) is 373 Å². The van der Waals surface area contributed by atoms with E-state index in [4.69, 9.17) is 62.9 Å². The van der Waals surface area contributed by atoms with E-state index in [9.17, 15) is 24.0 Å². The number of nitrogens with two attached hydrogens (primary N) is 1. The number of aromatic amines is 1. The number of amides is 3. The Morgan fingerprint density at radius 3 is 1.44 bits per heavy atom. The van der Waals surface area contributed by atoms with Gasteiger partial charge in [0, 0.05) is 42.7 Å². The van der Waals surface area contributed by atoms with Gasteiger partial charge >= 0.3 is 5.97 Å². The highest BCUT2D eigenvalue weighted by atomic mass is 16.6. The van der Waals surface area contributed by atoms with E-state index in [0.29, 0.717) is 193 Å². The van der Waals surface area contributed by atoms with Crippen molar-refractivity contribution in [3.63, 3.8) is 0 Å². The molecule has 4 rings (SSSR count). The summed E-state index contributed by atoms with van der Waals surface area (Å²) in [5, 5.41) is 23.5. The zero-order valence-electron chi connectivity index (χ0n) is 46.5. The Bertz CT molecular complexity index is 2440. The number of ether oxygens (including phenoxy) is 11. The number of hydrogen-bond acceptors (Lipinski definition) is 24. The zero-order valence-corrected chi connectivity index (χ0v) is 46.5. The summed E-state index contributed by atoms with van der Waals surface area (Å²) in [6.45, 7) is 16.7. The second kappa shape index (κ2) is 44.8. The predicted molar refractivity (Wildman–Crippen MR) is 297 cm³/mol. The molecule has 4 aromatic rings. The Morgan fingerprint density at radius 1 is 0.568 bits per heavy atom. The minimum Gasteiger partial charge on any atom is -0.480 e. The Hall–Kier alpha value is -6.90. The van der Waals surface area contributed by atoms with Crippen molar-refractivity contribution < 1.29 is 76.4 Å². The number of aromatic nitrogens is 5. The number of carboxylic acids is 1. The van der Waals surface area contributed by atoms with E-state index in [2.05, 4.69) is 56.7 Å². The number of nitrogen functional groups attached to an aromatic ring is 1. The molecule has 0 saturated heterocycles. The summed E-state index contributed by atoms with van der Waals surface area (Å²) in [5.74, 6) is -1.25. The molecule has 0 fully saturated rings. The summed E-state index contributed by atoms with van der Waals surface area (Å²) in [5.41, 5.74) is 11.0. The Labute approximate surface area is 470 Å². The van der Waals surface area contributed by atoms with Gasteiger partial charge < -0.3 is 84.2 Å². The van der Waals surface area contributed by atoms with Crippen LogP contribution < -0.4 is 38.0 Å². The number of H-pyrrole nitrogens is 1. The van der Waals surface area contributed by atoms with Gasteiger partial charge in [-0.05, 0) is 50.2 Å². The van der Waals surface area contributed by atoms with E-state index >= 15 is 0 Å². The summed E-state index contributed by atoms with van der Waals surface area (Å²) in [4.78, 5) is 76.0. The number of aliphatic carboxylic acids is 1. The molecule has 0 aliphatic heterocycles. The first-order valence-corrected chi connectivity index (χ1v) is 26.4. The third-order valence-electron chi connectivity index (χ3n) is 10.1. The van der Waals surface area contributed by atoms with Gasteiger partial charge in [0.05, 0.1) is 169 Å². The quantitative estimate of drug-likeness (QED) is 0.0174. The Balaban J connectivity index is 0.000000526. The number of hydrazone groups is 1. The van der Waals surface area contributed by atoms with Crippen molar-refractivity contribution in [2.45, 2.75) is 33.7 Å². The lowest BCUT2D eigenvalue weighted by molar-refractivity contribution is -0.135. The van der Waals surface area contributed by atoms with Crippen LogP contribution in [0.1, 0.15) is 53.6 Å². The molecule has 0 bridgehead atoms. The van der Waals surface area contributed by atoms with Crippen LogP contribution in [-0.2, 0) is 68.2 Å². The Morgan fingerprint density at radius 2 is 1.01 bits per heavy atom. The molecule has 0 aliphatic carbocycles. The molecule has 9 N–H and O–H groups in total. The van der Waals surface area contributed by atoms with Crippen molar-refractivity contribution in [1.82, 2.24) is 40.9 Å². The van der Waals surface area contributed by atoms with Crippen LogP contribution in [0.2, 0.25) is 0 Å². The first-order chi connectivity index (χ1) is 39.4. The van der Waals surface area contributed by atoms with Gasteiger partial charge in [0.2, 0.25) is 11.9 Å². The van der Waals surface area contributed by atoms with Crippen LogP contribution >= 0.6 is 0 Å². The zero-order chi connectivity index (χ0) is 58.4. The van der Waals surface area contributed by atoms with Crippen molar-refractivity contribution in [2.24, 2.45) is 5.10 Å². The molecule has 0 spiro atoms. The molecule has 29 heteroatoms. The lowest BCUT2D eigenvalue weighted by Gasteiger charge is -2.09. The number of pyridine rings is 1. The second-order valence-corrected chi connectivity index (χ2v) is 16.8. The fraction of sp³-hybridized carbons (Fsp3) is 0.577. The van der Waals surface area contributed by atoms with E-state index in [1.165, 1.54) is 12.4 Å². The SMILES string of the molecule is CCC(=O)NCCOCCOCCOCCOCCOCCOCCOCCOCCOCCOCCOCCNC(=O)c1ccc(NN=C(C)C)nc1.Nc1nc2ncc(CNc3ccc(C(=O)NCC(=O)O)cc3)nc2c(=O)[nH]1. The van der Waals surface area contributed by atoms with Crippen LogP contribution in [0.5, 0.6) is 0 Å². The fourth-order valence-corrected chi connectivity index (χ4v) is 6.04. The third kappa shape index (κ3) is 34.8. The molecule has 0 saturated carbocycles. The minimum atomic E-state index is -1.12. The molecule has 3 amide bonds. The van der Waals surface area contributed by atoms with Gasteiger partial charge in [-0.3, -0.25) is 34.4 Å². The van der Waals surface area contributed by atoms with Crippen molar-refractivity contribution in [2.75, 3.05) is 181 Å². The third-order valence-corrected chi connectivity index (χ3v) is 10.1. The molecule has 1 aromatic carbocycles. The van der Waals surface area contributed by atoms with Crippen LogP contribution in [0.4, 0.5) is 17.5 Å². The van der Waals surface area contributed by atoms with Crippen LogP contribution in [0.25, 0.3) is 11.2 Å². The first-order valence-electron chi connectivity index (χ1n) is 26.4. The predicted octanol–water partition coefficient (Wildman–Crippen LogP) is 1.05. The number of carbonyl (C=O) groups excluding carboxylic acids is 3. The van der Waals surface area contributed by atoms with E-state index in [1.54, 1.807) is 36.4 Å². The molecule has 3 aromatic heterocycles. The summed E-state index contributed by atoms with van der Waals surface area (Å²) < 4.78 is 60.1. The highest BCUT2D eigenvalue weighted by molar-refractivity contribution is 5.96. The van der Waals surface area contributed by atoms with Crippen LogP contribution in [-0.4, -0.2) is 224 Å². The smallest absolute Gasteiger partial charge is 0.322 e. The number of nitrogens with one attached hydrogen (secondary N) is 6. The van der Waals surface area contributed by atoms with Gasteiger partial charge in [-0.2, -0.15) is 10.1 Å². The van der Waals surface area contributed by atoms with Gasteiger partial charge in [-0.25, -0.2) is 15.0 Å². The summed E-state index contributed by atoms with van der Waals surface area (Å²) in [7, 11) is 0. The average Bonchev–Trinajstić information content (AvgIpc) is 3.63. The standard InChI is InChI=1S/C36H65N5O13.C16H15N7O4/c1-4-35(42)37-7-9-44-11-13-46-15-17-48-19-21-50-23-25-52-27-29-54-30-28-53-26-24-51-22-20-49-18-16-47-14-12-45-10-8-38-36(43)33-5-6-34(39-31-33)41-40-32(2)3;17-16-22-13-12(15(27)23-16)21-10(6-19-13)5-18-9-3-1-8(2-4-9)14(26)20-7-11(24)25/h5-6,31H,4,7-30H2,1-3H3,(H,37,42)(H,38,43)(H,39,41);1-4,6,18H,5,7H2,(H,20,26)(H,24,25)(H3,17,19,22,23,27). The molecular formula is C52H80N12O17. The van der Waals surface area contributed by atoms with Crippen LogP contribution in [0.3, 0.4) is 0 Å². The Kier molecular flexibility index (Phi) is 37.8. The summed E-state index contributed by atoms with van der Waals surface area (Å²) in [6.07, 6.45) is 3.45. The molecule has 0 atom stereocenters. The largest absolute Gasteiger partial charge is 0.480 e. The number of anilines is 3. The molecule has 29 nitrogen and oxygen atoms in total. The minimum absolute atomic E-state index is 0.0218. The molecule has 0 aliphatic rings. The number of carbonyl (C=O) groups is 4. The van der Waals surface area contributed by atoms with Gasteiger partial charge in [-0.15, -0.1) is 0 Å². The highest BCUT2D eigenvalue weighted by Gasteiger charge is 2.10. The van der Waals surface area contributed by atoms with Gasteiger partial charge in [0.1, 0.15) is 12.4 Å². The second-order valence-electron chi connectivity index (χ2n) is 16.8. The van der Waals surface area contributed by atoms with Gasteiger partial charge in [0.25, 0.3) is 17.4 Å². The van der Waals surface area contributed by atoms with E-state index < -0.39 is 24.0 Å². The molecular weight excluding hydrogens is 1060 g/mol. The average molecular weight is 1150 g/mol. The van der Waals surface area contributed by atoms with Crippen molar-refractivity contribution in [1.29, 1.82) is 0 Å². The molecule has 81 heavy (non-hydrogen) atoms. The maximum Gasteiger partial charge on any atom is 0.322 e. The van der Waals surface area contributed by atoms with E-state index in [-0.39, 0.29) is 35.5 Å². The monoisotopic (exact) mass is 1140 g/mol. The lowest BCUT2D eigenvalue weighted by atomic mass is 10.2. The van der Waals surface area contributed by atoms with Crippen molar-refractivity contribution >= 4 is 58.0 Å². The van der Waals surface area contributed by atoms with E-state index in [1.807, 2.05) is 20.8 Å². The van der Waals surface area contributed by atoms with E-state index in [0.717, 1.165) is 5.71 Å². The summed E-state index contributed by atoms with van der Waals surface area (Å²) in [6, 6.07) is 9.83. The van der Waals surface area contributed by atoms with Crippen molar-refractivity contribution in [3.05, 3.63) is 76.0 Å². The van der Waals surface area contributed by atoms with Gasteiger partial charge in [-0.1, -0.05) is 6.92 Å². The number of carboxylic acid groups (broad SMARTS) is 1. The summed E-state index contributed by atoms with van der Waals surface area (Å²) >= 11 is 0. The normalized spacial score (nSPS) is 10.9. The first kappa shape index (κ1) is 68.4. The maximum absolute atomic E-state index is 12.2. The van der Waals surface area contributed by atoms with Gasteiger partial charge in [0.15, 0.2) is 11.2 Å². The number of rotatable bonds is 46. The molecule has 0 unspecified atom stereocenters. The molecule has 450 valence electrons. The number of benzene rings is 1. The molecule has 3 heterocycles. The number of nitrogens with zero attached hydrogens (tertiary/aromatic N) is 5. The number of hydrogen-bond donors (Lipinski definition) is 8. The van der Waals surface area contributed by atoms with Crippen LogP contribution in [0, 0.1) is 0 Å². The number of fused-ring (bicyclic) bond motifs is 1. The molecule has 0 radical (unpaired) electrons. The highest BCUT2D eigenvalue weighted by Crippen LogP contribution is 2.12. The van der Waals surface area contributed by atoms with Crippen molar-refractivity contribution in [3.8, 4) is 0 Å². The van der Waals surface area contributed by atoms with Crippen LogP contribution in [0.15, 0.2) is 58.7 Å².